The molecule has 0 saturated heterocycles. The molecular formula is C24H19BrN2O2S. The summed E-state index contributed by atoms with van der Waals surface area (Å²) in [6, 6.07) is 23.8. The Balaban J connectivity index is 1.41. The monoisotopic (exact) mass is 478 g/mol. The number of hydrogen-bond donors (Lipinski definition) is 0. The number of carbonyl (C=O) groups excluding carboxylic acids is 1. The first-order valence-electron chi connectivity index (χ1n) is 9.79. The zero-order valence-corrected chi connectivity index (χ0v) is 18.5. The predicted octanol–water partition coefficient (Wildman–Crippen LogP) is 5.82. The lowest BCUT2D eigenvalue weighted by atomic mass is 9.87. The fraction of sp³-hybridized carbons (Fsp3) is 0.167. The zero-order valence-electron chi connectivity index (χ0n) is 16.1. The number of thioether (sulfide) groups is 1. The molecule has 6 heteroatoms. The Morgan fingerprint density at radius 3 is 2.30 bits per heavy atom. The highest BCUT2D eigenvalue weighted by atomic mass is 79.9. The summed E-state index contributed by atoms with van der Waals surface area (Å²) in [4.78, 5) is 20.2. The van der Waals surface area contributed by atoms with Crippen molar-refractivity contribution in [3.63, 3.8) is 0 Å². The van der Waals surface area contributed by atoms with Crippen molar-refractivity contribution in [2.75, 3.05) is 13.1 Å². The minimum atomic E-state index is -0.386. The quantitative estimate of drug-likeness (QED) is 0.476. The number of benzene rings is 3. The summed E-state index contributed by atoms with van der Waals surface area (Å²) in [5.41, 5.74) is 3.02. The topological polar surface area (TPSA) is 41.9 Å². The number of hydrogen-bond acceptors (Lipinski definition) is 4. The first-order chi connectivity index (χ1) is 14.7. The van der Waals surface area contributed by atoms with Gasteiger partial charge in [0.15, 0.2) is 5.17 Å². The Morgan fingerprint density at radius 2 is 1.63 bits per heavy atom. The molecule has 5 rings (SSSR count). The fourth-order valence-corrected chi connectivity index (χ4v) is 5.09. The maximum Gasteiger partial charge on any atom is 0.240 e. The van der Waals surface area contributed by atoms with Crippen molar-refractivity contribution < 1.29 is 9.53 Å². The molecule has 2 aliphatic rings. The van der Waals surface area contributed by atoms with Crippen LogP contribution in [0.3, 0.4) is 0 Å². The normalized spacial score (nSPS) is 15.2. The van der Waals surface area contributed by atoms with Crippen LogP contribution in [0.5, 0.6) is 11.5 Å². The van der Waals surface area contributed by atoms with Gasteiger partial charge in [0, 0.05) is 27.9 Å². The third kappa shape index (κ3) is 3.66. The molecule has 0 fully saturated rings. The van der Waals surface area contributed by atoms with E-state index in [0.29, 0.717) is 13.1 Å². The summed E-state index contributed by atoms with van der Waals surface area (Å²) in [6.45, 7) is 1.25. The standard InChI is InChI=1S/C24H19BrN2O2S/c25-17-11-9-16(10-12-17)15-30-24-26-13-14-27(24)23(28)22-18-5-1-3-7-20(18)29-21-8-4-2-6-19(21)22/h1-12,22H,13-15H2. The minimum absolute atomic E-state index is 0.0535. The first-order valence-corrected chi connectivity index (χ1v) is 11.6. The number of halogens is 1. The second-order valence-corrected chi connectivity index (χ2v) is 9.04. The van der Waals surface area contributed by atoms with Crippen molar-refractivity contribution in [2.45, 2.75) is 11.7 Å². The third-order valence-electron chi connectivity index (χ3n) is 5.28. The van der Waals surface area contributed by atoms with Crippen LogP contribution in [-0.4, -0.2) is 29.1 Å². The number of carbonyl (C=O) groups is 1. The van der Waals surface area contributed by atoms with Gasteiger partial charge in [0.2, 0.25) is 5.91 Å². The number of amides is 1. The maximum atomic E-state index is 13.8. The van der Waals surface area contributed by atoms with E-state index >= 15 is 0 Å². The molecule has 0 bridgehead atoms. The number of fused-ring (bicyclic) bond motifs is 2. The molecule has 150 valence electrons. The second-order valence-electron chi connectivity index (χ2n) is 7.18. The predicted molar refractivity (Wildman–Crippen MR) is 124 cm³/mol. The molecule has 2 heterocycles. The van der Waals surface area contributed by atoms with Crippen LogP contribution in [0.25, 0.3) is 0 Å². The smallest absolute Gasteiger partial charge is 0.240 e. The summed E-state index contributed by atoms with van der Waals surface area (Å²) in [5, 5.41) is 0.796. The van der Waals surface area contributed by atoms with E-state index in [9.17, 15) is 4.79 Å². The molecule has 3 aromatic rings. The van der Waals surface area contributed by atoms with Crippen LogP contribution in [0.15, 0.2) is 82.3 Å². The average molecular weight is 479 g/mol. The Morgan fingerprint density at radius 1 is 1.00 bits per heavy atom. The molecule has 0 saturated carbocycles. The van der Waals surface area contributed by atoms with E-state index in [1.165, 1.54) is 5.56 Å². The Hall–Kier alpha value is -2.57. The molecule has 2 aliphatic heterocycles. The lowest BCUT2D eigenvalue weighted by Gasteiger charge is -2.30. The summed E-state index contributed by atoms with van der Waals surface area (Å²) in [5.74, 6) is 1.93. The largest absolute Gasteiger partial charge is 0.457 e. The number of amidine groups is 1. The maximum absolute atomic E-state index is 13.8. The summed E-state index contributed by atoms with van der Waals surface area (Å²) >= 11 is 5.08. The fourth-order valence-electron chi connectivity index (χ4n) is 3.81. The molecule has 0 unspecified atom stereocenters. The van der Waals surface area contributed by atoms with Crippen molar-refractivity contribution >= 4 is 38.8 Å². The van der Waals surface area contributed by atoms with Crippen LogP contribution in [0.2, 0.25) is 0 Å². The van der Waals surface area contributed by atoms with Crippen molar-refractivity contribution in [1.29, 1.82) is 0 Å². The molecule has 0 aliphatic carbocycles. The van der Waals surface area contributed by atoms with Gasteiger partial charge in [0.1, 0.15) is 11.5 Å². The van der Waals surface area contributed by atoms with Gasteiger partial charge in [-0.3, -0.25) is 14.7 Å². The van der Waals surface area contributed by atoms with E-state index in [-0.39, 0.29) is 11.8 Å². The number of rotatable bonds is 3. The lowest BCUT2D eigenvalue weighted by molar-refractivity contribution is -0.127. The van der Waals surface area contributed by atoms with Crippen LogP contribution < -0.4 is 4.74 Å². The molecule has 4 nitrogen and oxygen atoms in total. The molecule has 0 aromatic heterocycles. The number of nitrogens with zero attached hydrogens (tertiary/aromatic N) is 2. The van der Waals surface area contributed by atoms with Gasteiger partial charge in [-0.2, -0.15) is 0 Å². The van der Waals surface area contributed by atoms with Gasteiger partial charge in [0.05, 0.1) is 12.5 Å². The molecule has 0 N–H and O–H groups in total. The molecule has 3 aromatic carbocycles. The van der Waals surface area contributed by atoms with E-state index in [2.05, 4.69) is 33.1 Å². The Labute approximate surface area is 188 Å². The first kappa shape index (κ1) is 19.4. The van der Waals surface area contributed by atoms with Crippen LogP contribution >= 0.6 is 27.7 Å². The second kappa shape index (κ2) is 8.28. The van der Waals surface area contributed by atoms with E-state index in [0.717, 1.165) is 38.0 Å². The zero-order chi connectivity index (χ0) is 20.5. The highest BCUT2D eigenvalue weighted by molar-refractivity contribution is 9.10. The van der Waals surface area contributed by atoms with E-state index in [1.54, 1.807) is 11.8 Å². The van der Waals surface area contributed by atoms with Crippen molar-refractivity contribution in [2.24, 2.45) is 4.99 Å². The third-order valence-corrected chi connectivity index (χ3v) is 6.89. The van der Waals surface area contributed by atoms with Gasteiger partial charge in [0.25, 0.3) is 0 Å². The Bertz CT molecular complexity index is 1080. The van der Waals surface area contributed by atoms with Gasteiger partial charge in [-0.05, 0) is 29.8 Å². The molecule has 0 atom stereocenters. The molecular weight excluding hydrogens is 460 g/mol. The summed E-state index contributed by atoms with van der Waals surface area (Å²) in [6.07, 6.45) is 0. The molecule has 0 spiro atoms. The Kier molecular flexibility index (Phi) is 5.35. The van der Waals surface area contributed by atoms with E-state index < -0.39 is 0 Å². The lowest BCUT2D eigenvalue weighted by Crippen LogP contribution is -2.38. The number of ether oxygens (including phenoxy) is 1. The van der Waals surface area contributed by atoms with E-state index in [1.807, 2.05) is 65.6 Å². The summed E-state index contributed by atoms with van der Waals surface area (Å²) < 4.78 is 7.11. The van der Waals surface area contributed by atoms with Crippen LogP contribution in [0.4, 0.5) is 0 Å². The summed E-state index contributed by atoms with van der Waals surface area (Å²) in [7, 11) is 0. The van der Waals surface area contributed by atoms with Gasteiger partial charge in [-0.1, -0.05) is 76.2 Å². The van der Waals surface area contributed by atoms with Crippen LogP contribution in [0, 0.1) is 0 Å². The van der Waals surface area contributed by atoms with Crippen molar-refractivity contribution in [1.82, 2.24) is 4.90 Å². The molecule has 30 heavy (non-hydrogen) atoms. The highest BCUT2D eigenvalue weighted by Crippen LogP contribution is 2.45. The highest BCUT2D eigenvalue weighted by Gasteiger charge is 2.37. The molecule has 0 radical (unpaired) electrons. The van der Waals surface area contributed by atoms with Gasteiger partial charge < -0.3 is 4.74 Å². The average Bonchev–Trinajstić information content (AvgIpc) is 3.25. The van der Waals surface area contributed by atoms with Crippen molar-refractivity contribution in [3.8, 4) is 11.5 Å². The number of aliphatic imine (C=N–C) groups is 1. The van der Waals surface area contributed by atoms with Gasteiger partial charge in [-0.25, -0.2) is 0 Å². The molecule has 1 amide bonds. The number of para-hydroxylation sites is 2. The van der Waals surface area contributed by atoms with Crippen molar-refractivity contribution in [3.05, 3.63) is 94.0 Å². The SMILES string of the molecule is O=C(C1c2ccccc2Oc2ccccc21)N1CCN=C1SCc1ccc(Br)cc1. The van der Waals surface area contributed by atoms with E-state index in [4.69, 9.17) is 4.74 Å². The van der Waals surface area contributed by atoms with Gasteiger partial charge in [-0.15, -0.1) is 0 Å². The van der Waals surface area contributed by atoms with Crippen LogP contribution in [-0.2, 0) is 10.5 Å². The minimum Gasteiger partial charge on any atom is -0.457 e. The van der Waals surface area contributed by atoms with Gasteiger partial charge >= 0.3 is 0 Å². The van der Waals surface area contributed by atoms with Crippen LogP contribution in [0.1, 0.15) is 22.6 Å².